The van der Waals surface area contributed by atoms with Gasteiger partial charge in [0.2, 0.25) is 0 Å². The monoisotopic (exact) mass is 1320 g/mol. The summed E-state index contributed by atoms with van der Waals surface area (Å²) in [7, 11) is 5.93. The molecule has 0 aromatic rings. The number of rotatable bonds is 73. The first-order chi connectivity index (χ1) is 46.6. The van der Waals surface area contributed by atoms with Crippen LogP contribution in [0.3, 0.4) is 0 Å². The smallest absolute Gasteiger partial charge is 0.306 e. The fourth-order valence-electron chi connectivity index (χ4n) is 11.2. The summed E-state index contributed by atoms with van der Waals surface area (Å²) in [5, 5.41) is 11.9. The molecule has 9 heteroatoms. The van der Waals surface area contributed by atoms with Crippen LogP contribution < -0.4 is 5.11 Å². The number of nitrogens with zero attached hydrogens (tertiary/aromatic N) is 1. The van der Waals surface area contributed by atoms with Crippen LogP contribution in [0.5, 0.6) is 0 Å². The van der Waals surface area contributed by atoms with E-state index in [1.54, 1.807) is 0 Å². The Morgan fingerprint density at radius 3 is 0.895 bits per heavy atom. The van der Waals surface area contributed by atoms with Gasteiger partial charge in [-0.05, 0) is 89.9 Å². The number of carbonyl (C=O) groups is 3. The van der Waals surface area contributed by atoms with Gasteiger partial charge in [0.05, 0.1) is 40.3 Å². The molecule has 0 bridgehead atoms. The Morgan fingerprint density at radius 1 is 0.326 bits per heavy atom. The van der Waals surface area contributed by atoms with Crippen LogP contribution in [0.2, 0.25) is 0 Å². The van der Waals surface area contributed by atoms with Crippen LogP contribution in [0.1, 0.15) is 348 Å². The van der Waals surface area contributed by atoms with Gasteiger partial charge in [0.15, 0.2) is 12.4 Å². The van der Waals surface area contributed by atoms with Gasteiger partial charge < -0.3 is 33.3 Å². The van der Waals surface area contributed by atoms with Crippen LogP contribution in [0.4, 0.5) is 0 Å². The maximum absolute atomic E-state index is 13.0. The first-order valence-corrected chi connectivity index (χ1v) is 39.7. The molecule has 0 saturated carbocycles. The van der Waals surface area contributed by atoms with Gasteiger partial charge in [-0.15, -0.1) is 0 Å². The lowest BCUT2D eigenvalue weighted by Gasteiger charge is -2.26. The van der Waals surface area contributed by atoms with Crippen molar-refractivity contribution in [2.45, 2.75) is 360 Å². The quantitative estimate of drug-likeness (QED) is 0.0195. The van der Waals surface area contributed by atoms with Gasteiger partial charge in [0.25, 0.3) is 0 Å². The fraction of sp³-hybridized carbons (Fsp3) is 0.733. The van der Waals surface area contributed by atoms with E-state index in [1.165, 1.54) is 193 Å². The summed E-state index contributed by atoms with van der Waals surface area (Å²) in [6.07, 6.45) is 105. The van der Waals surface area contributed by atoms with E-state index in [1.807, 2.05) is 21.1 Å². The zero-order chi connectivity index (χ0) is 69.0. The molecule has 0 N–H and O–H groups in total. The molecule has 0 amide bonds. The molecule has 0 aromatic carbocycles. The molecule has 9 nitrogen and oxygen atoms in total. The SMILES string of the molecule is CC/C=C\C/C=C\C/C=C\C/C=C\C/C=C\C/C=C\C/C=C\C/C=C\C/C=C\C/C=C\CCCCCCCCC(=O)OC(COC(=O)CCCCCCCCCCCCCCCCCCCCCCCCCCCCCCCCCCC)COC(OCC[N+](C)(C)C)C(=O)[O-]. The molecule has 0 aliphatic heterocycles. The topological polar surface area (TPSA) is 111 Å². The summed E-state index contributed by atoms with van der Waals surface area (Å²) >= 11 is 0. The predicted octanol–water partition coefficient (Wildman–Crippen LogP) is 24.1. The number of unbranched alkanes of at least 4 members (excludes halogenated alkanes) is 38. The number of likely N-dealkylation sites (N-methyl/N-ethyl adjacent to an activating group) is 1. The highest BCUT2D eigenvalue weighted by Gasteiger charge is 2.22. The summed E-state index contributed by atoms with van der Waals surface area (Å²) in [5.74, 6) is -2.30. The Hall–Kier alpha value is -4.31. The Balaban J connectivity index is 4.10. The van der Waals surface area contributed by atoms with Crippen LogP contribution >= 0.6 is 0 Å². The lowest BCUT2D eigenvalue weighted by atomic mass is 10.0. The zero-order valence-corrected chi connectivity index (χ0v) is 62.5. The summed E-state index contributed by atoms with van der Waals surface area (Å²) in [6, 6.07) is 0. The van der Waals surface area contributed by atoms with Crippen LogP contribution in [0.15, 0.2) is 122 Å². The largest absolute Gasteiger partial charge is 0.545 e. The Morgan fingerprint density at radius 2 is 0.600 bits per heavy atom. The molecule has 2 unspecified atom stereocenters. The number of carboxylic acids is 1. The summed E-state index contributed by atoms with van der Waals surface area (Å²) in [4.78, 5) is 37.6. The van der Waals surface area contributed by atoms with Gasteiger partial charge in [-0.1, -0.05) is 367 Å². The third kappa shape index (κ3) is 76.9. The van der Waals surface area contributed by atoms with Crippen molar-refractivity contribution in [3.05, 3.63) is 122 Å². The van der Waals surface area contributed by atoms with Crippen molar-refractivity contribution in [1.82, 2.24) is 0 Å². The first kappa shape index (κ1) is 90.7. The van der Waals surface area contributed by atoms with E-state index in [4.69, 9.17) is 18.9 Å². The molecule has 0 aromatic heterocycles. The van der Waals surface area contributed by atoms with Gasteiger partial charge in [-0.25, -0.2) is 0 Å². The molecular formula is C86H149NO8. The molecular weight excluding hydrogens is 1170 g/mol. The minimum absolute atomic E-state index is 0.140. The highest BCUT2D eigenvalue weighted by atomic mass is 16.7. The average Bonchev–Trinajstić information content (AvgIpc) is 3.75. The van der Waals surface area contributed by atoms with Gasteiger partial charge in [-0.2, -0.15) is 0 Å². The van der Waals surface area contributed by atoms with Crippen LogP contribution in [-0.2, 0) is 33.3 Å². The highest BCUT2D eigenvalue weighted by molar-refractivity contribution is 5.70. The van der Waals surface area contributed by atoms with E-state index in [0.717, 1.165) is 122 Å². The molecule has 0 heterocycles. The number of carbonyl (C=O) groups excluding carboxylic acids is 3. The van der Waals surface area contributed by atoms with Crippen LogP contribution in [-0.4, -0.2) is 82.3 Å². The van der Waals surface area contributed by atoms with E-state index >= 15 is 0 Å². The molecule has 0 radical (unpaired) electrons. The minimum atomic E-state index is -1.63. The van der Waals surface area contributed by atoms with E-state index < -0.39 is 24.3 Å². The molecule has 0 fully saturated rings. The van der Waals surface area contributed by atoms with Crippen molar-refractivity contribution in [1.29, 1.82) is 0 Å². The van der Waals surface area contributed by atoms with E-state index in [9.17, 15) is 19.5 Å². The zero-order valence-electron chi connectivity index (χ0n) is 62.5. The van der Waals surface area contributed by atoms with Gasteiger partial charge in [-0.3, -0.25) is 9.59 Å². The average molecular weight is 1330 g/mol. The van der Waals surface area contributed by atoms with Crippen LogP contribution in [0.25, 0.3) is 0 Å². The maximum Gasteiger partial charge on any atom is 0.306 e. The minimum Gasteiger partial charge on any atom is -0.545 e. The van der Waals surface area contributed by atoms with Crippen molar-refractivity contribution >= 4 is 17.9 Å². The Labute approximate surface area is 587 Å². The maximum atomic E-state index is 13.0. The Kier molecular flexibility index (Phi) is 72.0. The molecule has 2 atom stereocenters. The second kappa shape index (κ2) is 75.5. The molecule has 0 aliphatic rings. The number of quaternary nitrogens is 1. The summed E-state index contributed by atoms with van der Waals surface area (Å²) < 4.78 is 22.8. The number of esters is 2. The highest BCUT2D eigenvalue weighted by Crippen LogP contribution is 2.19. The lowest BCUT2D eigenvalue weighted by Crippen LogP contribution is -2.44. The number of ether oxygens (including phenoxy) is 4. The van der Waals surface area contributed by atoms with Crippen molar-refractivity contribution < 1.29 is 42.9 Å². The van der Waals surface area contributed by atoms with Gasteiger partial charge in [0, 0.05) is 12.8 Å². The molecule has 95 heavy (non-hydrogen) atoms. The van der Waals surface area contributed by atoms with Crippen molar-refractivity contribution in [3.8, 4) is 0 Å². The second-order valence-corrected chi connectivity index (χ2v) is 27.6. The van der Waals surface area contributed by atoms with Crippen LogP contribution in [0, 0.1) is 0 Å². The fourth-order valence-corrected chi connectivity index (χ4v) is 11.2. The van der Waals surface area contributed by atoms with E-state index in [-0.39, 0.29) is 38.6 Å². The van der Waals surface area contributed by atoms with Crippen molar-refractivity contribution in [2.75, 3.05) is 47.5 Å². The summed E-state index contributed by atoms with van der Waals surface area (Å²) in [5.41, 5.74) is 0. The first-order valence-electron chi connectivity index (χ1n) is 39.7. The molecule has 0 spiro atoms. The van der Waals surface area contributed by atoms with Crippen molar-refractivity contribution in [2.24, 2.45) is 0 Å². The number of aliphatic carboxylic acids is 1. The number of allylic oxidation sites excluding steroid dienone is 20. The standard InChI is InChI=1S/C86H149NO8/c1-6-8-10-12-14-16-18-20-22-24-26-28-30-32-34-36-38-40-41-42-43-45-47-49-51-53-55-57-59-61-63-65-67-69-71-73-75-77-84(89)95-82(81-94-86(85(90)91)92-79-78-87(3,4)5)80-93-83(88)76-74-72-70-68-66-64-62-60-58-56-54-52-50-48-46-44-39-37-35-33-31-29-27-25-23-21-19-17-15-13-11-9-7-2/h8,10,14,16,20,22,26,28,32,34,38,40,42-43,47,49,53,55,59,61,82,86H,6-7,9,11-13,15,17-19,21,23-25,27,29-31,33,35-37,39,41,44-46,48,50-52,54,56-58,60,62-81H2,1-5H3/b10-8-,16-14-,22-20-,28-26-,34-32-,40-38-,43-42-,49-47-,55-53-,61-59-. The lowest BCUT2D eigenvalue weighted by molar-refractivity contribution is -0.870. The molecule has 0 saturated heterocycles. The molecule has 0 rings (SSSR count). The van der Waals surface area contributed by atoms with E-state index in [0.29, 0.717) is 17.4 Å². The predicted molar refractivity (Wildman–Crippen MR) is 407 cm³/mol. The Bertz CT molecular complexity index is 1980. The summed E-state index contributed by atoms with van der Waals surface area (Å²) in [6.45, 7) is 4.65. The van der Waals surface area contributed by atoms with Gasteiger partial charge >= 0.3 is 11.9 Å². The van der Waals surface area contributed by atoms with E-state index in [2.05, 4.69) is 135 Å². The third-order valence-electron chi connectivity index (χ3n) is 17.2. The van der Waals surface area contributed by atoms with Gasteiger partial charge in [0.1, 0.15) is 13.2 Å². The number of carboxylic acid groups (broad SMARTS) is 1. The molecule has 0 aliphatic carbocycles. The van der Waals surface area contributed by atoms with Crippen molar-refractivity contribution in [3.63, 3.8) is 0 Å². The normalized spacial score (nSPS) is 13.3. The number of hydrogen-bond acceptors (Lipinski definition) is 8. The second-order valence-electron chi connectivity index (χ2n) is 27.6. The molecule has 546 valence electrons. The third-order valence-corrected chi connectivity index (χ3v) is 17.2. The number of hydrogen-bond donors (Lipinski definition) is 0.